The van der Waals surface area contributed by atoms with E-state index < -0.39 is 0 Å². The minimum absolute atomic E-state index is 0.0470. The van der Waals surface area contributed by atoms with Crippen molar-refractivity contribution < 1.29 is 9.53 Å². The summed E-state index contributed by atoms with van der Waals surface area (Å²) in [5.74, 6) is -0.0470. The molecule has 1 amide bonds. The van der Waals surface area contributed by atoms with Gasteiger partial charge in [0.05, 0.1) is 5.69 Å². The molecule has 92 valence electrons. The van der Waals surface area contributed by atoms with Crippen LogP contribution in [0.15, 0.2) is 22.7 Å². The van der Waals surface area contributed by atoms with E-state index in [-0.39, 0.29) is 12.0 Å². The summed E-state index contributed by atoms with van der Waals surface area (Å²) in [4.78, 5) is 11.9. The van der Waals surface area contributed by atoms with Crippen molar-refractivity contribution in [2.24, 2.45) is 0 Å². The molecule has 0 saturated carbocycles. The highest BCUT2D eigenvalue weighted by Crippen LogP contribution is 2.24. The summed E-state index contributed by atoms with van der Waals surface area (Å²) >= 11 is 3.44. The number of anilines is 1. The van der Waals surface area contributed by atoms with Gasteiger partial charge in [0.15, 0.2) is 0 Å². The molecule has 2 rings (SSSR count). The number of hydrogen-bond donors (Lipinski definition) is 1. The van der Waals surface area contributed by atoms with Crippen LogP contribution >= 0.6 is 15.9 Å². The van der Waals surface area contributed by atoms with Gasteiger partial charge in [-0.05, 0) is 59.8 Å². The summed E-state index contributed by atoms with van der Waals surface area (Å²) in [7, 11) is 0. The third-order valence-electron chi connectivity index (χ3n) is 2.85. The molecule has 4 heteroatoms. The summed E-state index contributed by atoms with van der Waals surface area (Å²) in [6, 6.07) is 5.86. The molecule has 1 aliphatic heterocycles. The second-order valence-electron chi connectivity index (χ2n) is 4.33. The topological polar surface area (TPSA) is 38.3 Å². The third-order valence-corrected chi connectivity index (χ3v) is 3.51. The lowest BCUT2D eigenvalue weighted by atomic mass is 10.1. The van der Waals surface area contributed by atoms with Crippen molar-refractivity contribution in [3.63, 3.8) is 0 Å². The molecular weight excluding hydrogens is 282 g/mol. The van der Waals surface area contributed by atoms with Gasteiger partial charge in [0.2, 0.25) is 0 Å². The van der Waals surface area contributed by atoms with Crippen LogP contribution in [0.4, 0.5) is 5.69 Å². The Bertz CT molecular complexity index is 414. The van der Waals surface area contributed by atoms with Gasteiger partial charge in [-0.3, -0.25) is 4.79 Å². The highest BCUT2D eigenvalue weighted by Gasteiger charge is 2.22. The predicted molar refractivity (Wildman–Crippen MR) is 71.1 cm³/mol. The Kier molecular flexibility index (Phi) is 4.18. The molecule has 3 nitrogen and oxygen atoms in total. The summed E-state index contributed by atoms with van der Waals surface area (Å²) in [6.07, 6.45) is 2.64. The smallest absolute Gasteiger partial charge is 0.253 e. The molecule has 1 atom stereocenters. The lowest BCUT2D eigenvalue weighted by molar-refractivity contribution is -0.129. The van der Waals surface area contributed by atoms with E-state index in [1.165, 1.54) is 0 Å². The molecule has 0 spiro atoms. The molecule has 0 aliphatic carbocycles. The van der Waals surface area contributed by atoms with Crippen LogP contribution in [0.1, 0.15) is 24.8 Å². The zero-order chi connectivity index (χ0) is 12.3. The molecule has 1 aromatic carbocycles. The fourth-order valence-corrected chi connectivity index (χ4v) is 2.47. The molecule has 0 aromatic heterocycles. The first-order valence-corrected chi connectivity index (χ1v) is 6.65. The average Bonchev–Trinajstić information content (AvgIpc) is 2.34. The maximum absolute atomic E-state index is 11.9. The Morgan fingerprint density at radius 3 is 2.94 bits per heavy atom. The second kappa shape index (κ2) is 5.65. The van der Waals surface area contributed by atoms with E-state index in [2.05, 4.69) is 21.2 Å². The Hall–Kier alpha value is -0.870. The van der Waals surface area contributed by atoms with Crippen LogP contribution in [0, 0.1) is 6.92 Å². The molecule has 1 aliphatic rings. The first-order chi connectivity index (χ1) is 8.16. The molecule has 1 saturated heterocycles. The number of hydrogen-bond acceptors (Lipinski definition) is 2. The normalized spacial score (nSPS) is 20.0. The number of carbonyl (C=O) groups excluding carboxylic acids is 1. The Morgan fingerprint density at radius 1 is 1.47 bits per heavy atom. The van der Waals surface area contributed by atoms with Gasteiger partial charge in [-0.2, -0.15) is 0 Å². The number of benzene rings is 1. The van der Waals surface area contributed by atoms with Gasteiger partial charge in [0.25, 0.3) is 5.91 Å². The zero-order valence-corrected chi connectivity index (χ0v) is 11.4. The lowest BCUT2D eigenvalue weighted by Gasteiger charge is -2.22. The fraction of sp³-hybridized carbons (Fsp3) is 0.462. The largest absolute Gasteiger partial charge is 0.368 e. The predicted octanol–water partition coefficient (Wildman–Crippen LogP) is 3.27. The molecular formula is C13H16BrNO2. The van der Waals surface area contributed by atoms with Gasteiger partial charge in [-0.1, -0.05) is 6.07 Å². The molecule has 1 fully saturated rings. The summed E-state index contributed by atoms with van der Waals surface area (Å²) in [5.41, 5.74) is 1.96. The summed E-state index contributed by atoms with van der Waals surface area (Å²) in [5, 5.41) is 2.90. The number of nitrogens with one attached hydrogen (secondary N) is 1. The third kappa shape index (κ3) is 3.30. The summed E-state index contributed by atoms with van der Waals surface area (Å²) in [6.45, 7) is 2.70. The average molecular weight is 298 g/mol. The number of carbonyl (C=O) groups is 1. The van der Waals surface area contributed by atoms with Gasteiger partial charge >= 0.3 is 0 Å². The maximum atomic E-state index is 11.9. The first kappa shape index (κ1) is 12.6. The highest BCUT2D eigenvalue weighted by molar-refractivity contribution is 9.10. The fourth-order valence-electron chi connectivity index (χ4n) is 1.88. The Balaban J connectivity index is 2.02. The van der Waals surface area contributed by atoms with E-state index in [0.717, 1.165) is 35.0 Å². The number of ether oxygens (including phenoxy) is 1. The van der Waals surface area contributed by atoms with Crippen molar-refractivity contribution in [3.8, 4) is 0 Å². The van der Waals surface area contributed by atoms with Crippen LogP contribution in [0.2, 0.25) is 0 Å². The van der Waals surface area contributed by atoms with Crippen molar-refractivity contribution in [3.05, 3.63) is 28.2 Å². The van der Waals surface area contributed by atoms with E-state index in [1.807, 2.05) is 25.1 Å². The van der Waals surface area contributed by atoms with Crippen molar-refractivity contribution in [2.45, 2.75) is 32.3 Å². The van der Waals surface area contributed by atoms with Crippen molar-refractivity contribution >= 4 is 27.5 Å². The second-order valence-corrected chi connectivity index (χ2v) is 5.18. The van der Waals surface area contributed by atoms with Crippen LogP contribution in [-0.2, 0) is 9.53 Å². The maximum Gasteiger partial charge on any atom is 0.253 e. The standard InChI is InChI=1S/C13H16BrNO2/c1-9-5-6-11(10(14)8-9)15-13(16)12-4-2-3-7-17-12/h5-6,8,12H,2-4,7H2,1H3,(H,15,16). The van der Waals surface area contributed by atoms with Crippen LogP contribution in [0.5, 0.6) is 0 Å². The van der Waals surface area contributed by atoms with Crippen LogP contribution in [-0.4, -0.2) is 18.6 Å². The summed E-state index contributed by atoms with van der Waals surface area (Å²) < 4.78 is 6.35. The monoisotopic (exact) mass is 297 g/mol. The highest BCUT2D eigenvalue weighted by atomic mass is 79.9. The van der Waals surface area contributed by atoms with Gasteiger partial charge in [0.1, 0.15) is 6.10 Å². The SMILES string of the molecule is Cc1ccc(NC(=O)C2CCCCO2)c(Br)c1. The first-order valence-electron chi connectivity index (χ1n) is 5.85. The zero-order valence-electron chi connectivity index (χ0n) is 9.83. The molecule has 17 heavy (non-hydrogen) atoms. The van der Waals surface area contributed by atoms with E-state index in [1.54, 1.807) is 0 Å². The Morgan fingerprint density at radius 2 is 2.29 bits per heavy atom. The minimum atomic E-state index is -0.294. The minimum Gasteiger partial charge on any atom is -0.368 e. The van der Waals surface area contributed by atoms with Crippen LogP contribution in [0.3, 0.4) is 0 Å². The van der Waals surface area contributed by atoms with Gasteiger partial charge in [-0.15, -0.1) is 0 Å². The van der Waals surface area contributed by atoms with Gasteiger partial charge < -0.3 is 10.1 Å². The lowest BCUT2D eigenvalue weighted by Crippen LogP contribution is -2.33. The number of amides is 1. The van der Waals surface area contributed by atoms with E-state index in [9.17, 15) is 4.79 Å². The van der Waals surface area contributed by atoms with Crippen molar-refractivity contribution in [1.82, 2.24) is 0 Å². The number of aryl methyl sites for hydroxylation is 1. The van der Waals surface area contributed by atoms with E-state index >= 15 is 0 Å². The molecule has 0 radical (unpaired) electrons. The molecule has 1 aromatic rings. The molecule has 1 N–H and O–H groups in total. The van der Waals surface area contributed by atoms with Gasteiger partial charge in [-0.25, -0.2) is 0 Å². The van der Waals surface area contributed by atoms with Crippen LogP contribution < -0.4 is 5.32 Å². The number of halogens is 1. The number of rotatable bonds is 2. The van der Waals surface area contributed by atoms with Crippen molar-refractivity contribution in [1.29, 1.82) is 0 Å². The molecule has 1 unspecified atom stereocenters. The van der Waals surface area contributed by atoms with E-state index in [4.69, 9.17) is 4.74 Å². The Labute approximate surface area is 110 Å². The van der Waals surface area contributed by atoms with Gasteiger partial charge in [0, 0.05) is 11.1 Å². The molecule has 0 bridgehead atoms. The quantitative estimate of drug-likeness (QED) is 0.910. The van der Waals surface area contributed by atoms with Crippen LogP contribution in [0.25, 0.3) is 0 Å². The molecule has 1 heterocycles. The van der Waals surface area contributed by atoms with E-state index in [0.29, 0.717) is 6.61 Å². The van der Waals surface area contributed by atoms with Crippen molar-refractivity contribution in [2.75, 3.05) is 11.9 Å².